The van der Waals surface area contributed by atoms with E-state index in [2.05, 4.69) is 4.99 Å². The van der Waals surface area contributed by atoms with Gasteiger partial charge in [0.1, 0.15) is 11.6 Å². The predicted molar refractivity (Wildman–Crippen MR) is 90.9 cm³/mol. The third kappa shape index (κ3) is 5.43. The Labute approximate surface area is 139 Å². The summed E-state index contributed by atoms with van der Waals surface area (Å²) < 4.78 is 26.0. The molecule has 0 aliphatic carbocycles. The maximum absolute atomic E-state index is 13.0. The molecule has 2 N–H and O–H groups in total. The van der Waals surface area contributed by atoms with E-state index < -0.39 is 11.6 Å². The molecule has 1 aliphatic heterocycles. The summed E-state index contributed by atoms with van der Waals surface area (Å²) >= 11 is 1.90. The summed E-state index contributed by atoms with van der Waals surface area (Å²) in [6.45, 7) is 2.27. The minimum Gasteiger partial charge on any atom is -0.370 e. The number of aliphatic imine (C=N–C) groups is 1. The van der Waals surface area contributed by atoms with Gasteiger partial charge in [-0.15, -0.1) is 24.0 Å². The van der Waals surface area contributed by atoms with Crippen LogP contribution in [0.2, 0.25) is 0 Å². The van der Waals surface area contributed by atoms with E-state index in [0.717, 1.165) is 30.7 Å². The number of nitrogens with zero attached hydrogens (tertiary/aromatic N) is 2. The van der Waals surface area contributed by atoms with E-state index in [9.17, 15) is 8.78 Å². The van der Waals surface area contributed by atoms with Gasteiger partial charge < -0.3 is 10.6 Å². The molecule has 1 heterocycles. The van der Waals surface area contributed by atoms with Gasteiger partial charge in [-0.3, -0.25) is 4.99 Å². The van der Waals surface area contributed by atoms with Crippen molar-refractivity contribution in [3.63, 3.8) is 0 Å². The second kappa shape index (κ2) is 8.66. The summed E-state index contributed by atoms with van der Waals surface area (Å²) in [5.74, 6) is 1.54. The van der Waals surface area contributed by atoms with Crippen LogP contribution in [0.5, 0.6) is 0 Å². The molecule has 20 heavy (non-hydrogen) atoms. The van der Waals surface area contributed by atoms with Gasteiger partial charge in [-0.05, 0) is 24.1 Å². The van der Waals surface area contributed by atoms with Crippen molar-refractivity contribution in [2.75, 3.05) is 31.1 Å². The molecule has 0 amide bonds. The molecule has 0 unspecified atom stereocenters. The van der Waals surface area contributed by atoms with Crippen molar-refractivity contribution < 1.29 is 8.78 Å². The zero-order chi connectivity index (χ0) is 13.7. The Hall–Kier alpha value is -0.570. The SMILES string of the molecule is I.NC(=NCCc1cc(F)cc(F)c1)N1CCSCC1. The number of halogens is 3. The highest BCUT2D eigenvalue weighted by Gasteiger charge is 2.11. The molecule has 0 saturated carbocycles. The Balaban J connectivity index is 0.00000200. The molecule has 0 atom stereocenters. The first-order valence-corrected chi connectivity index (χ1v) is 7.38. The first kappa shape index (κ1) is 17.5. The van der Waals surface area contributed by atoms with Gasteiger partial charge in [0.05, 0.1) is 0 Å². The fraction of sp³-hybridized carbons (Fsp3) is 0.462. The van der Waals surface area contributed by atoms with Crippen LogP contribution in [0.25, 0.3) is 0 Å². The standard InChI is InChI=1S/C13H17F2N3S.HI/c14-11-7-10(8-12(15)9-11)1-2-17-13(16)18-3-5-19-6-4-18;/h7-9H,1-6H2,(H2,16,17);1H. The monoisotopic (exact) mass is 413 g/mol. The molecular formula is C13H18F2IN3S. The minimum atomic E-state index is -0.556. The number of thioether (sulfide) groups is 1. The van der Waals surface area contributed by atoms with E-state index in [-0.39, 0.29) is 24.0 Å². The fourth-order valence-electron chi connectivity index (χ4n) is 1.95. The Morgan fingerprint density at radius 1 is 1.20 bits per heavy atom. The molecule has 2 rings (SSSR count). The second-order valence-electron chi connectivity index (χ2n) is 4.37. The third-order valence-electron chi connectivity index (χ3n) is 2.93. The van der Waals surface area contributed by atoms with Crippen LogP contribution in [0.15, 0.2) is 23.2 Å². The fourth-order valence-corrected chi connectivity index (χ4v) is 2.85. The maximum Gasteiger partial charge on any atom is 0.191 e. The molecule has 7 heteroatoms. The molecule has 1 aliphatic rings. The third-order valence-corrected chi connectivity index (χ3v) is 3.87. The predicted octanol–water partition coefficient (Wildman–Crippen LogP) is 2.49. The van der Waals surface area contributed by atoms with Crippen molar-refractivity contribution in [1.82, 2.24) is 4.90 Å². The van der Waals surface area contributed by atoms with E-state index in [0.29, 0.717) is 24.5 Å². The minimum absolute atomic E-state index is 0. The van der Waals surface area contributed by atoms with Crippen LogP contribution in [-0.2, 0) is 6.42 Å². The molecule has 3 nitrogen and oxygen atoms in total. The normalized spacial score (nSPS) is 15.9. The molecule has 1 saturated heterocycles. The molecule has 0 bridgehead atoms. The lowest BCUT2D eigenvalue weighted by Gasteiger charge is -2.27. The summed E-state index contributed by atoms with van der Waals surface area (Å²) in [7, 11) is 0. The van der Waals surface area contributed by atoms with E-state index in [4.69, 9.17) is 5.73 Å². The quantitative estimate of drug-likeness (QED) is 0.471. The highest BCUT2D eigenvalue weighted by molar-refractivity contribution is 14.0. The summed E-state index contributed by atoms with van der Waals surface area (Å²) in [6, 6.07) is 3.52. The van der Waals surface area contributed by atoms with Crippen LogP contribution in [0, 0.1) is 11.6 Å². The Bertz CT molecular complexity index is 445. The molecular weight excluding hydrogens is 395 g/mol. The lowest BCUT2D eigenvalue weighted by atomic mass is 10.1. The molecule has 1 fully saturated rings. The Kier molecular flexibility index (Phi) is 7.57. The van der Waals surface area contributed by atoms with E-state index >= 15 is 0 Å². The molecule has 1 aromatic rings. The summed E-state index contributed by atoms with van der Waals surface area (Å²) in [5, 5.41) is 0. The highest BCUT2D eigenvalue weighted by Crippen LogP contribution is 2.10. The van der Waals surface area contributed by atoms with Gasteiger partial charge in [-0.25, -0.2) is 8.78 Å². The Morgan fingerprint density at radius 2 is 1.80 bits per heavy atom. The van der Waals surface area contributed by atoms with Crippen molar-refractivity contribution in [1.29, 1.82) is 0 Å². The molecule has 0 spiro atoms. The lowest BCUT2D eigenvalue weighted by molar-refractivity contribution is 0.456. The van der Waals surface area contributed by atoms with Crippen molar-refractivity contribution in [2.45, 2.75) is 6.42 Å². The number of rotatable bonds is 3. The van der Waals surface area contributed by atoms with Gasteiger partial charge in [0.2, 0.25) is 0 Å². The molecule has 1 aromatic carbocycles. The van der Waals surface area contributed by atoms with Crippen molar-refractivity contribution >= 4 is 41.7 Å². The van der Waals surface area contributed by atoms with E-state index in [1.807, 2.05) is 16.7 Å². The number of nitrogens with two attached hydrogens (primary N) is 1. The van der Waals surface area contributed by atoms with Gasteiger partial charge in [0.25, 0.3) is 0 Å². The smallest absolute Gasteiger partial charge is 0.191 e. The zero-order valence-corrected chi connectivity index (χ0v) is 14.2. The van der Waals surface area contributed by atoms with Crippen LogP contribution in [0.4, 0.5) is 8.78 Å². The van der Waals surface area contributed by atoms with Crippen LogP contribution >= 0.6 is 35.7 Å². The van der Waals surface area contributed by atoms with Gasteiger partial charge >= 0.3 is 0 Å². The van der Waals surface area contributed by atoms with Gasteiger partial charge in [-0.2, -0.15) is 11.8 Å². The van der Waals surface area contributed by atoms with Crippen molar-refractivity contribution in [3.8, 4) is 0 Å². The van der Waals surface area contributed by atoms with E-state index in [1.165, 1.54) is 12.1 Å². The number of guanidine groups is 1. The molecule has 112 valence electrons. The van der Waals surface area contributed by atoms with Crippen LogP contribution in [-0.4, -0.2) is 42.0 Å². The summed E-state index contributed by atoms with van der Waals surface area (Å²) in [5.41, 5.74) is 6.49. The second-order valence-corrected chi connectivity index (χ2v) is 5.59. The number of hydrogen-bond donors (Lipinski definition) is 1. The number of hydrogen-bond acceptors (Lipinski definition) is 2. The molecule has 0 radical (unpaired) electrons. The van der Waals surface area contributed by atoms with Crippen LogP contribution in [0.1, 0.15) is 5.56 Å². The van der Waals surface area contributed by atoms with Crippen LogP contribution < -0.4 is 5.73 Å². The zero-order valence-electron chi connectivity index (χ0n) is 11.0. The largest absolute Gasteiger partial charge is 0.370 e. The topological polar surface area (TPSA) is 41.6 Å². The average Bonchev–Trinajstić information content (AvgIpc) is 2.38. The van der Waals surface area contributed by atoms with Crippen molar-refractivity contribution in [3.05, 3.63) is 35.4 Å². The first-order chi connectivity index (χ1) is 9.15. The van der Waals surface area contributed by atoms with Gasteiger partial charge in [0.15, 0.2) is 5.96 Å². The maximum atomic E-state index is 13.0. The molecule has 0 aromatic heterocycles. The van der Waals surface area contributed by atoms with Crippen molar-refractivity contribution in [2.24, 2.45) is 10.7 Å². The lowest BCUT2D eigenvalue weighted by Crippen LogP contribution is -2.42. The number of benzene rings is 1. The summed E-state index contributed by atoms with van der Waals surface area (Å²) in [6.07, 6.45) is 0.484. The van der Waals surface area contributed by atoms with Gasteiger partial charge in [-0.1, -0.05) is 0 Å². The summed E-state index contributed by atoms with van der Waals surface area (Å²) in [4.78, 5) is 6.31. The first-order valence-electron chi connectivity index (χ1n) is 6.23. The van der Waals surface area contributed by atoms with Gasteiger partial charge in [0, 0.05) is 37.2 Å². The van der Waals surface area contributed by atoms with Crippen LogP contribution in [0.3, 0.4) is 0 Å². The van der Waals surface area contributed by atoms with E-state index in [1.54, 1.807) is 0 Å². The highest BCUT2D eigenvalue weighted by atomic mass is 127. The average molecular weight is 413 g/mol. The Morgan fingerprint density at radius 3 is 2.40 bits per heavy atom.